The first-order valence-corrected chi connectivity index (χ1v) is 8.34. The van der Waals surface area contributed by atoms with Crippen molar-refractivity contribution in [2.75, 3.05) is 13.6 Å². The highest BCUT2D eigenvalue weighted by Crippen LogP contribution is 2.15. The molecular weight excluding hydrogens is 316 g/mol. The Balaban J connectivity index is 1.51. The number of pyridine rings is 1. The van der Waals surface area contributed by atoms with Crippen LogP contribution in [0.4, 0.5) is 4.79 Å². The van der Waals surface area contributed by atoms with Crippen LogP contribution in [0.25, 0.3) is 0 Å². The summed E-state index contributed by atoms with van der Waals surface area (Å²) < 4.78 is 0. The minimum absolute atomic E-state index is 0.0749. The summed E-state index contributed by atoms with van der Waals surface area (Å²) in [6, 6.07) is 13.3. The molecule has 1 aliphatic rings. The summed E-state index contributed by atoms with van der Waals surface area (Å²) in [4.78, 5) is 31.9. The lowest BCUT2D eigenvalue weighted by Crippen LogP contribution is -2.43. The Hall–Kier alpha value is -2.89. The van der Waals surface area contributed by atoms with Gasteiger partial charge in [0.05, 0.1) is 6.04 Å². The highest BCUT2D eigenvalue weighted by Gasteiger charge is 2.31. The standard InChI is InChI=1S/C19H22N4O2/c1-22(12-16-7-9-20-10-8-16)19(25)21-17-11-18(24)23(14-17)13-15-5-3-2-4-6-15/h2-10,17H,11-14H2,1H3,(H,21,25). The zero-order valence-electron chi connectivity index (χ0n) is 14.3. The van der Waals surface area contributed by atoms with Crippen LogP contribution >= 0.6 is 0 Å². The highest BCUT2D eigenvalue weighted by molar-refractivity contribution is 5.81. The SMILES string of the molecule is CN(Cc1ccncc1)C(=O)NC1CC(=O)N(Cc2ccccc2)C1. The van der Waals surface area contributed by atoms with Gasteiger partial charge in [-0.2, -0.15) is 0 Å². The molecule has 2 heterocycles. The van der Waals surface area contributed by atoms with Gasteiger partial charge in [-0.05, 0) is 23.3 Å². The fraction of sp³-hybridized carbons (Fsp3) is 0.316. The zero-order chi connectivity index (χ0) is 17.6. The Kier molecular flexibility index (Phi) is 5.28. The number of likely N-dealkylation sites (tertiary alicyclic amines) is 1. The molecule has 3 amide bonds. The Morgan fingerprint density at radius 2 is 1.92 bits per heavy atom. The molecule has 2 aromatic rings. The summed E-state index contributed by atoms with van der Waals surface area (Å²) in [7, 11) is 1.74. The first-order chi connectivity index (χ1) is 12.1. The molecule has 130 valence electrons. The van der Waals surface area contributed by atoms with Gasteiger partial charge in [0, 0.05) is 45.5 Å². The number of amides is 3. The molecular formula is C19H22N4O2. The Labute approximate surface area is 147 Å². The number of benzene rings is 1. The predicted molar refractivity (Wildman–Crippen MR) is 94.5 cm³/mol. The molecule has 3 rings (SSSR count). The Morgan fingerprint density at radius 1 is 1.20 bits per heavy atom. The van der Waals surface area contributed by atoms with E-state index in [-0.39, 0.29) is 18.0 Å². The minimum atomic E-state index is -0.170. The van der Waals surface area contributed by atoms with Crippen molar-refractivity contribution in [3.05, 3.63) is 66.0 Å². The van der Waals surface area contributed by atoms with E-state index in [1.807, 2.05) is 42.5 Å². The van der Waals surface area contributed by atoms with E-state index in [0.717, 1.165) is 11.1 Å². The molecule has 1 atom stereocenters. The lowest BCUT2D eigenvalue weighted by Gasteiger charge is -2.21. The lowest BCUT2D eigenvalue weighted by atomic mass is 10.2. The molecule has 1 saturated heterocycles. The van der Waals surface area contributed by atoms with Gasteiger partial charge < -0.3 is 15.1 Å². The molecule has 1 N–H and O–H groups in total. The number of nitrogens with one attached hydrogen (secondary N) is 1. The van der Waals surface area contributed by atoms with E-state index in [2.05, 4.69) is 10.3 Å². The smallest absolute Gasteiger partial charge is 0.317 e. The largest absolute Gasteiger partial charge is 0.336 e. The number of hydrogen-bond donors (Lipinski definition) is 1. The maximum Gasteiger partial charge on any atom is 0.317 e. The summed E-state index contributed by atoms with van der Waals surface area (Å²) in [5.41, 5.74) is 2.11. The summed E-state index contributed by atoms with van der Waals surface area (Å²) in [5, 5.41) is 2.95. The second-order valence-electron chi connectivity index (χ2n) is 6.32. The average Bonchev–Trinajstić information content (AvgIpc) is 2.95. The summed E-state index contributed by atoms with van der Waals surface area (Å²) >= 11 is 0. The molecule has 1 aliphatic heterocycles. The second kappa shape index (κ2) is 7.79. The topological polar surface area (TPSA) is 65.5 Å². The van der Waals surface area contributed by atoms with Crippen molar-refractivity contribution in [2.45, 2.75) is 25.6 Å². The lowest BCUT2D eigenvalue weighted by molar-refractivity contribution is -0.128. The van der Waals surface area contributed by atoms with Crippen molar-refractivity contribution in [3.63, 3.8) is 0 Å². The van der Waals surface area contributed by atoms with Gasteiger partial charge >= 0.3 is 6.03 Å². The number of nitrogens with zero attached hydrogens (tertiary/aromatic N) is 3. The fourth-order valence-corrected chi connectivity index (χ4v) is 2.94. The van der Waals surface area contributed by atoms with Gasteiger partial charge in [0.15, 0.2) is 0 Å². The van der Waals surface area contributed by atoms with Crippen molar-refractivity contribution < 1.29 is 9.59 Å². The number of aromatic nitrogens is 1. The highest BCUT2D eigenvalue weighted by atomic mass is 16.2. The minimum Gasteiger partial charge on any atom is -0.336 e. The molecule has 6 nitrogen and oxygen atoms in total. The van der Waals surface area contributed by atoms with Crippen molar-refractivity contribution in [1.29, 1.82) is 0 Å². The van der Waals surface area contributed by atoms with Crippen LogP contribution in [0.15, 0.2) is 54.9 Å². The van der Waals surface area contributed by atoms with Gasteiger partial charge in [-0.3, -0.25) is 9.78 Å². The normalized spacial score (nSPS) is 16.8. The summed E-state index contributed by atoms with van der Waals surface area (Å²) in [5.74, 6) is 0.0749. The number of carbonyl (C=O) groups excluding carboxylic acids is 2. The molecule has 1 aromatic carbocycles. The number of rotatable bonds is 5. The van der Waals surface area contributed by atoms with E-state index in [1.54, 1.807) is 29.2 Å². The van der Waals surface area contributed by atoms with Gasteiger partial charge in [0.1, 0.15) is 0 Å². The van der Waals surface area contributed by atoms with Crippen molar-refractivity contribution in [1.82, 2.24) is 20.1 Å². The molecule has 0 bridgehead atoms. The zero-order valence-corrected chi connectivity index (χ0v) is 14.3. The van der Waals surface area contributed by atoms with E-state index in [9.17, 15) is 9.59 Å². The average molecular weight is 338 g/mol. The van der Waals surface area contributed by atoms with Crippen LogP contribution in [0, 0.1) is 0 Å². The second-order valence-corrected chi connectivity index (χ2v) is 6.32. The van der Waals surface area contributed by atoms with Crippen LogP contribution in [0.5, 0.6) is 0 Å². The molecule has 1 fully saturated rings. The molecule has 1 aromatic heterocycles. The van der Waals surface area contributed by atoms with Crippen LogP contribution < -0.4 is 5.32 Å². The Bertz CT molecular complexity index is 721. The monoisotopic (exact) mass is 338 g/mol. The first-order valence-electron chi connectivity index (χ1n) is 8.34. The van der Waals surface area contributed by atoms with Crippen molar-refractivity contribution in [3.8, 4) is 0 Å². The number of hydrogen-bond acceptors (Lipinski definition) is 3. The van der Waals surface area contributed by atoms with Gasteiger partial charge in [0.25, 0.3) is 0 Å². The summed E-state index contributed by atoms with van der Waals surface area (Å²) in [6.07, 6.45) is 3.76. The van der Waals surface area contributed by atoms with Gasteiger partial charge in [-0.25, -0.2) is 4.79 Å². The van der Waals surface area contributed by atoms with E-state index in [4.69, 9.17) is 0 Å². The van der Waals surface area contributed by atoms with Gasteiger partial charge in [-0.1, -0.05) is 30.3 Å². The molecule has 0 radical (unpaired) electrons. The molecule has 0 saturated carbocycles. The third-order valence-corrected chi connectivity index (χ3v) is 4.27. The van der Waals surface area contributed by atoms with Crippen LogP contribution in [0.2, 0.25) is 0 Å². The van der Waals surface area contributed by atoms with Gasteiger partial charge in [-0.15, -0.1) is 0 Å². The van der Waals surface area contributed by atoms with Crippen LogP contribution in [0.3, 0.4) is 0 Å². The third-order valence-electron chi connectivity index (χ3n) is 4.27. The van der Waals surface area contributed by atoms with Crippen LogP contribution in [-0.4, -0.2) is 46.4 Å². The van der Waals surface area contributed by atoms with Crippen LogP contribution in [0.1, 0.15) is 17.5 Å². The van der Waals surface area contributed by atoms with E-state index in [1.165, 1.54) is 0 Å². The predicted octanol–water partition coefficient (Wildman–Crippen LogP) is 2.02. The van der Waals surface area contributed by atoms with E-state index in [0.29, 0.717) is 26.1 Å². The maximum absolute atomic E-state index is 12.3. The van der Waals surface area contributed by atoms with Crippen molar-refractivity contribution >= 4 is 11.9 Å². The molecule has 25 heavy (non-hydrogen) atoms. The van der Waals surface area contributed by atoms with E-state index >= 15 is 0 Å². The van der Waals surface area contributed by atoms with E-state index < -0.39 is 0 Å². The number of urea groups is 1. The Morgan fingerprint density at radius 3 is 2.64 bits per heavy atom. The maximum atomic E-state index is 12.3. The molecule has 1 unspecified atom stereocenters. The van der Waals surface area contributed by atoms with Gasteiger partial charge in [0.2, 0.25) is 5.91 Å². The fourth-order valence-electron chi connectivity index (χ4n) is 2.94. The summed E-state index contributed by atoms with van der Waals surface area (Å²) in [6.45, 7) is 1.63. The quantitative estimate of drug-likeness (QED) is 0.907. The number of carbonyl (C=O) groups is 2. The molecule has 0 spiro atoms. The molecule has 6 heteroatoms. The molecule has 0 aliphatic carbocycles. The first kappa shape index (κ1) is 17.0. The van der Waals surface area contributed by atoms with Crippen LogP contribution in [-0.2, 0) is 17.9 Å². The van der Waals surface area contributed by atoms with Crippen molar-refractivity contribution in [2.24, 2.45) is 0 Å². The third kappa shape index (κ3) is 4.56.